The lowest BCUT2D eigenvalue weighted by Gasteiger charge is -2.47. The zero-order chi connectivity index (χ0) is 15.6. The first-order chi connectivity index (χ1) is 10.6. The minimum atomic E-state index is 0.115. The molecule has 2 fully saturated rings. The van der Waals surface area contributed by atoms with Crippen molar-refractivity contribution in [2.75, 3.05) is 33.8 Å². The fourth-order valence-corrected chi connectivity index (χ4v) is 3.97. The predicted molar refractivity (Wildman–Crippen MR) is 91.4 cm³/mol. The number of hydrogen-bond donors (Lipinski definition) is 0. The normalized spacial score (nSPS) is 25.7. The highest BCUT2D eigenvalue weighted by atomic mass is 35.5. The van der Waals surface area contributed by atoms with E-state index in [1.807, 2.05) is 12.1 Å². The largest absolute Gasteiger partial charge is 0.375 e. The van der Waals surface area contributed by atoms with Crippen molar-refractivity contribution in [2.24, 2.45) is 0 Å². The number of benzene rings is 1. The average molecular weight is 323 g/mol. The summed E-state index contributed by atoms with van der Waals surface area (Å²) in [5.41, 5.74) is 1.35. The van der Waals surface area contributed by atoms with Gasteiger partial charge in [0.15, 0.2) is 0 Å². The smallest absolute Gasteiger partial charge is 0.0721 e. The van der Waals surface area contributed by atoms with E-state index in [2.05, 4.69) is 36.0 Å². The number of likely N-dealkylation sites (tertiary alicyclic amines) is 1. The van der Waals surface area contributed by atoms with Crippen molar-refractivity contribution in [3.8, 4) is 0 Å². The Balaban J connectivity index is 1.57. The third kappa shape index (κ3) is 3.65. The molecule has 0 saturated carbocycles. The van der Waals surface area contributed by atoms with Crippen LogP contribution in [0.4, 0.5) is 0 Å². The molecule has 1 aromatic carbocycles. The third-order valence-corrected chi connectivity index (χ3v) is 5.69. The summed E-state index contributed by atoms with van der Waals surface area (Å²) in [7, 11) is 4.38. The van der Waals surface area contributed by atoms with Crippen LogP contribution in [0.25, 0.3) is 0 Å². The third-order valence-electron chi connectivity index (χ3n) is 5.32. The maximum atomic E-state index is 6.28. The quantitative estimate of drug-likeness (QED) is 0.848. The summed E-state index contributed by atoms with van der Waals surface area (Å²) in [5.74, 6) is 0. The van der Waals surface area contributed by atoms with Crippen LogP contribution in [-0.2, 0) is 11.3 Å². The minimum absolute atomic E-state index is 0.115. The molecule has 0 unspecified atom stereocenters. The molecule has 1 aromatic rings. The van der Waals surface area contributed by atoms with Gasteiger partial charge in [0.05, 0.1) is 5.60 Å². The summed E-state index contributed by atoms with van der Waals surface area (Å²) in [6.45, 7) is 4.07. The van der Waals surface area contributed by atoms with E-state index in [1.165, 1.54) is 12.0 Å². The number of halogens is 1. The molecule has 1 spiro atoms. The molecule has 0 N–H and O–H groups in total. The first-order valence-electron chi connectivity index (χ1n) is 8.34. The van der Waals surface area contributed by atoms with Gasteiger partial charge < -0.3 is 9.64 Å². The van der Waals surface area contributed by atoms with E-state index < -0.39 is 0 Å². The van der Waals surface area contributed by atoms with Gasteiger partial charge in [0, 0.05) is 37.3 Å². The van der Waals surface area contributed by atoms with E-state index in [0.29, 0.717) is 6.04 Å². The highest BCUT2D eigenvalue weighted by Crippen LogP contribution is 2.36. The van der Waals surface area contributed by atoms with Gasteiger partial charge in [0.2, 0.25) is 0 Å². The first-order valence-corrected chi connectivity index (χ1v) is 8.72. The van der Waals surface area contributed by atoms with Crippen molar-refractivity contribution in [3.05, 3.63) is 34.9 Å². The molecule has 122 valence electrons. The van der Waals surface area contributed by atoms with Gasteiger partial charge in [-0.15, -0.1) is 0 Å². The van der Waals surface area contributed by atoms with Gasteiger partial charge >= 0.3 is 0 Å². The van der Waals surface area contributed by atoms with Gasteiger partial charge in [-0.3, -0.25) is 4.90 Å². The molecule has 3 rings (SSSR count). The van der Waals surface area contributed by atoms with Gasteiger partial charge in [0.25, 0.3) is 0 Å². The zero-order valence-corrected chi connectivity index (χ0v) is 14.5. The van der Waals surface area contributed by atoms with Crippen molar-refractivity contribution in [1.82, 2.24) is 9.80 Å². The van der Waals surface area contributed by atoms with E-state index in [-0.39, 0.29) is 5.60 Å². The van der Waals surface area contributed by atoms with E-state index in [0.717, 1.165) is 50.5 Å². The number of hydrogen-bond acceptors (Lipinski definition) is 3. The van der Waals surface area contributed by atoms with E-state index >= 15 is 0 Å². The van der Waals surface area contributed by atoms with Crippen molar-refractivity contribution in [2.45, 2.75) is 43.9 Å². The fraction of sp³-hybridized carbons (Fsp3) is 0.667. The topological polar surface area (TPSA) is 15.7 Å². The molecular weight excluding hydrogens is 296 g/mol. The maximum Gasteiger partial charge on any atom is 0.0721 e. The molecule has 0 radical (unpaired) electrons. The second kappa shape index (κ2) is 6.88. The Morgan fingerprint density at radius 1 is 1.27 bits per heavy atom. The van der Waals surface area contributed by atoms with Crippen LogP contribution in [0.1, 0.15) is 31.2 Å². The van der Waals surface area contributed by atoms with E-state index in [4.69, 9.17) is 16.3 Å². The van der Waals surface area contributed by atoms with Crippen LogP contribution in [0.2, 0.25) is 5.02 Å². The molecule has 2 saturated heterocycles. The Labute approximate surface area is 139 Å². The molecule has 3 nitrogen and oxygen atoms in total. The predicted octanol–water partition coefficient (Wildman–Crippen LogP) is 3.42. The van der Waals surface area contributed by atoms with Crippen molar-refractivity contribution >= 4 is 11.6 Å². The van der Waals surface area contributed by atoms with Gasteiger partial charge in [-0.2, -0.15) is 0 Å². The van der Waals surface area contributed by atoms with Crippen LogP contribution in [0.15, 0.2) is 24.3 Å². The minimum Gasteiger partial charge on any atom is -0.375 e. The lowest BCUT2D eigenvalue weighted by atomic mass is 9.82. The fourth-order valence-electron chi connectivity index (χ4n) is 3.78. The molecular formula is C18H27ClN2O. The summed E-state index contributed by atoms with van der Waals surface area (Å²) in [6.07, 6.45) is 4.63. The molecule has 2 aliphatic heterocycles. The molecule has 2 heterocycles. The van der Waals surface area contributed by atoms with Gasteiger partial charge in [-0.25, -0.2) is 0 Å². The van der Waals surface area contributed by atoms with Crippen molar-refractivity contribution < 1.29 is 4.74 Å². The highest BCUT2D eigenvalue weighted by Gasteiger charge is 2.40. The average Bonchev–Trinajstić information content (AvgIpc) is 2.52. The second-order valence-corrected chi connectivity index (χ2v) is 7.42. The summed E-state index contributed by atoms with van der Waals surface area (Å²) in [5, 5.41) is 0.879. The van der Waals surface area contributed by atoms with Crippen LogP contribution < -0.4 is 0 Å². The SMILES string of the molecule is CN(C)[C@H]1CCOC2(CCN(Cc3ccccc3Cl)CC2)C1. The molecule has 0 amide bonds. The number of nitrogens with zero attached hydrogens (tertiary/aromatic N) is 2. The van der Waals surface area contributed by atoms with Crippen LogP contribution >= 0.6 is 11.6 Å². The van der Waals surface area contributed by atoms with Crippen molar-refractivity contribution in [1.29, 1.82) is 0 Å². The summed E-state index contributed by atoms with van der Waals surface area (Å²) in [4.78, 5) is 4.87. The summed E-state index contributed by atoms with van der Waals surface area (Å²) < 4.78 is 6.23. The monoisotopic (exact) mass is 322 g/mol. The number of ether oxygens (including phenoxy) is 1. The Morgan fingerprint density at radius 2 is 2.00 bits per heavy atom. The molecule has 0 bridgehead atoms. The number of piperidine rings is 1. The highest BCUT2D eigenvalue weighted by molar-refractivity contribution is 6.31. The lowest BCUT2D eigenvalue weighted by molar-refractivity contribution is -0.130. The van der Waals surface area contributed by atoms with E-state index in [1.54, 1.807) is 0 Å². The molecule has 1 atom stereocenters. The first kappa shape index (κ1) is 16.3. The molecule has 4 heteroatoms. The molecule has 22 heavy (non-hydrogen) atoms. The summed E-state index contributed by atoms with van der Waals surface area (Å²) >= 11 is 6.28. The van der Waals surface area contributed by atoms with Crippen LogP contribution in [-0.4, -0.2) is 55.2 Å². The van der Waals surface area contributed by atoms with Crippen molar-refractivity contribution in [3.63, 3.8) is 0 Å². The molecule has 0 aliphatic carbocycles. The maximum absolute atomic E-state index is 6.28. The Morgan fingerprint density at radius 3 is 2.68 bits per heavy atom. The standard InChI is InChI=1S/C18H27ClN2O/c1-20(2)16-7-12-22-18(13-16)8-10-21(11-9-18)14-15-5-3-4-6-17(15)19/h3-6,16H,7-14H2,1-2H3/t16-/m0/s1. The van der Waals surface area contributed by atoms with Gasteiger partial charge in [-0.1, -0.05) is 29.8 Å². The molecule has 2 aliphatic rings. The zero-order valence-electron chi connectivity index (χ0n) is 13.7. The van der Waals surface area contributed by atoms with Gasteiger partial charge in [0.1, 0.15) is 0 Å². The van der Waals surface area contributed by atoms with Crippen LogP contribution in [0.3, 0.4) is 0 Å². The summed E-state index contributed by atoms with van der Waals surface area (Å²) in [6, 6.07) is 8.84. The van der Waals surface area contributed by atoms with Crippen LogP contribution in [0.5, 0.6) is 0 Å². The Kier molecular flexibility index (Phi) is 5.08. The van der Waals surface area contributed by atoms with Crippen LogP contribution in [0, 0.1) is 0 Å². The lowest BCUT2D eigenvalue weighted by Crippen LogP contribution is -2.52. The Hall–Kier alpha value is -0.610. The van der Waals surface area contributed by atoms with E-state index in [9.17, 15) is 0 Å². The number of rotatable bonds is 3. The second-order valence-electron chi connectivity index (χ2n) is 7.01. The molecule has 0 aromatic heterocycles. The van der Waals surface area contributed by atoms with Gasteiger partial charge in [-0.05, 0) is 51.4 Å². The Bertz CT molecular complexity index is 498.